The molecule has 0 aliphatic heterocycles. The van der Waals surface area contributed by atoms with E-state index in [9.17, 15) is 14.4 Å². The van der Waals surface area contributed by atoms with Crippen LogP contribution in [0.5, 0.6) is 0 Å². The molecule has 27 heavy (non-hydrogen) atoms. The molecule has 1 aromatic carbocycles. The van der Waals surface area contributed by atoms with Gasteiger partial charge in [0.2, 0.25) is 0 Å². The molecule has 8 heteroatoms. The van der Waals surface area contributed by atoms with Crippen LogP contribution in [0.2, 0.25) is 0 Å². The topological polar surface area (TPSA) is 90.1 Å². The average molecular weight is 367 g/mol. The standard InChI is InChI=1S/C19H21N5O3/c1-11-6-7-14(8-12(11)2)24-17-15(9-21-24)18(26)23(10-20-17)16(13(3)25)19(27)22(4)5/h6-10,16H,1-5H3/t16-/m1/s1. The summed E-state index contributed by atoms with van der Waals surface area (Å²) in [6.07, 6.45) is 2.64. The monoisotopic (exact) mass is 367 g/mol. The molecule has 0 aliphatic rings. The van der Waals surface area contributed by atoms with Gasteiger partial charge in [-0.1, -0.05) is 6.07 Å². The largest absolute Gasteiger partial charge is 0.347 e. The number of benzene rings is 1. The molecule has 3 aromatic rings. The van der Waals surface area contributed by atoms with Crippen LogP contribution in [0.25, 0.3) is 16.7 Å². The Morgan fingerprint density at radius 1 is 1.15 bits per heavy atom. The normalized spacial score (nSPS) is 12.2. The van der Waals surface area contributed by atoms with Gasteiger partial charge in [-0.15, -0.1) is 0 Å². The van der Waals surface area contributed by atoms with Gasteiger partial charge in [-0.3, -0.25) is 19.0 Å². The summed E-state index contributed by atoms with van der Waals surface area (Å²) in [7, 11) is 3.07. The summed E-state index contributed by atoms with van der Waals surface area (Å²) in [5.41, 5.74) is 2.92. The highest BCUT2D eigenvalue weighted by molar-refractivity contribution is 6.02. The van der Waals surface area contributed by atoms with Crippen LogP contribution in [0.3, 0.4) is 0 Å². The van der Waals surface area contributed by atoms with Crippen LogP contribution in [-0.2, 0) is 9.59 Å². The molecule has 0 radical (unpaired) electrons. The van der Waals surface area contributed by atoms with Gasteiger partial charge in [-0.2, -0.15) is 5.10 Å². The Balaban J connectivity index is 2.17. The number of hydrogen-bond acceptors (Lipinski definition) is 5. The highest BCUT2D eigenvalue weighted by Gasteiger charge is 2.29. The summed E-state index contributed by atoms with van der Waals surface area (Å²) in [4.78, 5) is 42.9. The van der Waals surface area contributed by atoms with Crippen molar-refractivity contribution in [3.05, 3.63) is 52.2 Å². The predicted octanol–water partition coefficient (Wildman–Crippen LogP) is 1.42. The summed E-state index contributed by atoms with van der Waals surface area (Å²) >= 11 is 0. The SMILES string of the molecule is CC(=O)[C@H](C(=O)N(C)C)n1cnc2c(cnn2-c2ccc(C)c(C)c2)c1=O. The molecule has 8 nitrogen and oxygen atoms in total. The molecule has 2 aromatic heterocycles. The number of nitrogens with zero attached hydrogens (tertiary/aromatic N) is 5. The molecule has 0 fully saturated rings. The molecule has 1 atom stereocenters. The maximum absolute atomic E-state index is 12.9. The first-order valence-corrected chi connectivity index (χ1v) is 8.46. The fourth-order valence-electron chi connectivity index (χ4n) is 2.89. The van der Waals surface area contributed by atoms with Gasteiger partial charge in [0.1, 0.15) is 11.7 Å². The van der Waals surface area contributed by atoms with Crippen molar-refractivity contribution in [3.63, 3.8) is 0 Å². The number of aryl methyl sites for hydroxylation is 2. The molecule has 0 saturated carbocycles. The van der Waals surface area contributed by atoms with Gasteiger partial charge >= 0.3 is 0 Å². The molecule has 2 heterocycles. The van der Waals surface area contributed by atoms with Gasteiger partial charge in [-0.05, 0) is 44.0 Å². The lowest BCUT2D eigenvalue weighted by atomic mass is 10.1. The smallest absolute Gasteiger partial charge is 0.265 e. The molecular weight excluding hydrogens is 346 g/mol. The third kappa shape index (κ3) is 3.14. The van der Waals surface area contributed by atoms with Crippen LogP contribution in [0.15, 0.2) is 35.5 Å². The number of rotatable bonds is 4. The highest BCUT2D eigenvalue weighted by Crippen LogP contribution is 2.18. The molecule has 3 rings (SSSR count). The Morgan fingerprint density at radius 2 is 1.85 bits per heavy atom. The first-order valence-electron chi connectivity index (χ1n) is 8.46. The van der Waals surface area contributed by atoms with Crippen LogP contribution >= 0.6 is 0 Å². The Kier molecular flexibility index (Phi) is 4.65. The summed E-state index contributed by atoms with van der Waals surface area (Å²) in [6.45, 7) is 5.29. The van der Waals surface area contributed by atoms with Crippen LogP contribution in [-0.4, -0.2) is 50.0 Å². The molecule has 0 N–H and O–H groups in total. The Hall–Kier alpha value is -3.29. The maximum atomic E-state index is 12.9. The van der Waals surface area contributed by atoms with Crippen molar-refractivity contribution in [2.45, 2.75) is 26.8 Å². The van der Waals surface area contributed by atoms with Crippen molar-refractivity contribution in [1.29, 1.82) is 0 Å². The predicted molar refractivity (Wildman–Crippen MR) is 101 cm³/mol. The number of amides is 1. The van der Waals surface area contributed by atoms with Gasteiger partial charge in [0.25, 0.3) is 11.5 Å². The Morgan fingerprint density at radius 3 is 2.44 bits per heavy atom. The zero-order valence-electron chi connectivity index (χ0n) is 15.9. The lowest BCUT2D eigenvalue weighted by molar-refractivity contribution is -0.137. The molecule has 0 aliphatic carbocycles. The van der Waals surface area contributed by atoms with Crippen LogP contribution in [0.1, 0.15) is 24.1 Å². The third-order valence-electron chi connectivity index (χ3n) is 4.59. The van der Waals surface area contributed by atoms with E-state index in [1.165, 1.54) is 38.4 Å². The van der Waals surface area contributed by atoms with Gasteiger partial charge in [0, 0.05) is 14.1 Å². The molecule has 1 amide bonds. The quantitative estimate of drug-likeness (QED) is 0.651. The lowest BCUT2D eigenvalue weighted by Gasteiger charge is -2.20. The summed E-state index contributed by atoms with van der Waals surface area (Å²) in [6, 6.07) is 4.59. The summed E-state index contributed by atoms with van der Waals surface area (Å²) in [5.74, 6) is -0.911. The van der Waals surface area contributed by atoms with Crippen LogP contribution in [0, 0.1) is 13.8 Å². The second-order valence-electron chi connectivity index (χ2n) is 6.77. The average Bonchev–Trinajstić information content (AvgIpc) is 3.04. The summed E-state index contributed by atoms with van der Waals surface area (Å²) < 4.78 is 2.64. The van der Waals surface area contributed by atoms with Gasteiger partial charge in [0.05, 0.1) is 11.9 Å². The third-order valence-corrected chi connectivity index (χ3v) is 4.59. The van der Waals surface area contributed by atoms with Crippen LogP contribution in [0.4, 0.5) is 0 Å². The number of likely N-dealkylation sites (N-methyl/N-ethyl adjacent to an activating group) is 1. The van der Waals surface area contributed by atoms with Gasteiger partial charge in [-0.25, -0.2) is 9.67 Å². The minimum Gasteiger partial charge on any atom is -0.347 e. The molecule has 0 bridgehead atoms. The van der Waals surface area contributed by atoms with Crippen molar-refractivity contribution in [2.75, 3.05) is 14.1 Å². The highest BCUT2D eigenvalue weighted by atomic mass is 16.2. The summed E-state index contributed by atoms with van der Waals surface area (Å²) in [5, 5.41) is 4.53. The van der Waals surface area contributed by atoms with E-state index < -0.39 is 23.3 Å². The van der Waals surface area contributed by atoms with E-state index in [1.54, 1.807) is 4.68 Å². The van der Waals surface area contributed by atoms with Crippen molar-refractivity contribution < 1.29 is 9.59 Å². The fraction of sp³-hybridized carbons (Fsp3) is 0.316. The number of Topliss-reactive ketones (excluding diaryl/α,β-unsaturated/α-hetero) is 1. The molecule has 0 unspecified atom stereocenters. The maximum Gasteiger partial charge on any atom is 0.265 e. The van der Waals surface area contributed by atoms with E-state index in [1.807, 2.05) is 32.0 Å². The zero-order valence-corrected chi connectivity index (χ0v) is 15.9. The molecular formula is C19H21N5O3. The van der Waals surface area contributed by atoms with Crippen molar-refractivity contribution in [2.24, 2.45) is 0 Å². The number of fused-ring (bicyclic) bond motifs is 1. The number of carbonyl (C=O) groups excluding carboxylic acids is 2. The Labute approximate surface area is 156 Å². The van der Waals surface area contributed by atoms with Crippen molar-refractivity contribution in [3.8, 4) is 5.69 Å². The van der Waals surface area contributed by atoms with Gasteiger partial charge in [0.15, 0.2) is 17.5 Å². The molecule has 140 valence electrons. The van der Waals surface area contributed by atoms with E-state index >= 15 is 0 Å². The minimum atomic E-state index is -1.24. The number of aromatic nitrogens is 4. The number of carbonyl (C=O) groups is 2. The van der Waals surface area contributed by atoms with Crippen molar-refractivity contribution >= 4 is 22.7 Å². The second-order valence-corrected chi connectivity index (χ2v) is 6.77. The van der Waals surface area contributed by atoms with E-state index in [4.69, 9.17) is 0 Å². The number of ketones is 1. The number of hydrogen-bond donors (Lipinski definition) is 0. The zero-order chi connectivity index (χ0) is 19.9. The first kappa shape index (κ1) is 18.5. The lowest BCUT2D eigenvalue weighted by Crippen LogP contribution is -2.40. The first-order chi connectivity index (χ1) is 12.7. The van der Waals surface area contributed by atoms with Crippen molar-refractivity contribution in [1.82, 2.24) is 24.2 Å². The molecule has 0 spiro atoms. The van der Waals surface area contributed by atoms with Crippen LogP contribution < -0.4 is 5.56 Å². The molecule has 0 saturated heterocycles. The second kappa shape index (κ2) is 6.79. The van der Waals surface area contributed by atoms with E-state index in [0.29, 0.717) is 5.65 Å². The van der Waals surface area contributed by atoms with E-state index in [2.05, 4.69) is 10.1 Å². The fourth-order valence-corrected chi connectivity index (χ4v) is 2.89. The van der Waals surface area contributed by atoms with E-state index in [0.717, 1.165) is 21.4 Å². The van der Waals surface area contributed by atoms with Gasteiger partial charge < -0.3 is 4.90 Å². The Bertz CT molecular complexity index is 1110. The minimum absolute atomic E-state index is 0.244. The van der Waals surface area contributed by atoms with E-state index in [-0.39, 0.29) is 5.39 Å².